The van der Waals surface area contributed by atoms with Gasteiger partial charge in [-0.05, 0) is 30.7 Å². The highest BCUT2D eigenvalue weighted by Gasteiger charge is 2.47. The molecule has 1 fully saturated rings. The highest BCUT2D eigenvalue weighted by molar-refractivity contribution is 5.78. The summed E-state index contributed by atoms with van der Waals surface area (Å²) < 4.78 is 5.56. The standard InChI is InChI=1S/C20H27NO3/c1-4-11-20(15-22)12-8-13-21(20)18(16(2)3)19(23)24-14-17-9-6-5-7-10-17/h4-7,9-10,15-16,18H,1,8,11-14H2,2-3H3. The Labute approximate surface area is 144 Å². The zero-order valence-corrected chi connectivity index (χ0v) is 14.6. The van der Waals surface area contributed by atoms with Crippen LogP contribution in [0.2, 0.25) is 0 Å². The molecule has 130 valence electrons. The van der Waals surface area contributed by atoms with Crippen molar-refractivity contribution in [2.24, 2.45) is 5.92 Å². The topological polar surface area (TPSA) is 46.6 Å². The molecule has 0 radical (unpaired) electrons. The molecular formula is C20H27NO3. The molecule has 0 spiro atoms. The molecule has 0 saturated carbocycles. The fourth-order valence-corrected chi connectivity index (χ4v) is 3.56. The molecule has 1 saturated heterocycles. The lowest BCUT2D eigenvalue weighted by Gasteiger charge is -2.39. The van der Waals surface area contributed by atoms with Gasteiger partial charge in [0, 0.05) is 6.54 Å². The zero-order chi connectivity index (χ0) is 17.6. The largest absolute Gasteiger partial charge is 0.460 e. The van der Waals surface area contributed by atoms with E-state index in [0.717, 1.165) is 31.2 Å². The van der Waals surface area contributed by atoms with Gasteiger partial charge < -0.3 is 9.53 Å². The van der Waals surface area contributed by atoms with E-state index in [1.165, 1.54) is 0 Å². The Bertz CT molecular complexity index is 570. The average Bonchev–Trinajstić information content (AvgIpc) is 2.98. The van der Waals surface area contributed by atoms with Crippen molar-refractivity contribution in [2.75, 3.05) is 6.54 Å². The van der Waals surface area contributed by atoms with Gasteiger partial charge in [-0.2, -0.15) is 0 Å². The van der Waals surface area contributed by atoms with E-state index in [9.17, 15) is 9.59 Å². The maximum atomic E-state index is 12.7. The quantitative estimate of drug-likeness (QED) is 0.417. The van der Waals surface area contributed by atoms with Crippen LogP contribution in [0.3, 0.4) is 0 Å². The second-order valence-electron chi connectivity index (χ2n) is 6.79. The second kappa shape index (κ2) is 8.25. The Hall–Kier alpha value is -1.94. The van der Waals surface area contributed by atoms with Gasteiger partial charge in [-0.3, -0.25) is 9.69 Å². The van der Waals surface area contributed by atoms with Crippen LogP contribution in [-0.2, 0) is 20.9 Å². The molecule has 2 unspecified atom stereocenters. The highest BCUT2D eigenvalue weighted by atomic mass is 16.5. The van der Waals surface area contributed by atoms with E-state index in [0.29, 0.717) is 6.42 Å². The maximum Gasteiger partial charge on any atom is 0.323 e. The van der Waals surface area contributed by atoms with E-state index in [2.05, 4.69) is 6.58 Å². The molecule has 1 aliphatic heterocycles. The molecular weight excluding hydrogens is 302 g/mol. The fraction of sp³-hybridized carbons (Fsp3) is 0.500. The van der Waals surface area contributed by atoms with Gasteiger partial charge in [0.2, 0.25) is 0 Å². The van der Waals surface area contributed by atoms with Gasteiger partial charge in [0.05, 0.1) is 5.54 Å². The Morgan fingerprint density at radius 3 is 2.67 bits per heavy atom. The first-order valence-corrected chi connectivity index (χ1v) is 8.58. The minimum Gasteiger partial charge on any atom is -0.460 e. The molecule has 2 rings (SSSR count). The third kappa shape index (κ3) is 3.93. The van der Waals surface area contributed by atoms with Crippen LogP contribution in [-0.4, -0.2) is 35.3 Å². The van der Waals surface area contributed by atoms with Crippen molar-refractivity contribution in [1.82, 2.24) is 4.90 Å². The van der Waals surface area contributed by atoms with Crippen molar-refractivity contribution in [3.05, 3.63) is 48.6 Å². The van der Waals surface area contributed by atoms with Gasteiger partial charge in [-0.25, -0.2) is 0 Å². The minimum absolute atomic E-state index is 0.0653. The maximum absolute atomic E-state index is 12.7. The average molecular weight is 329 g/mol. The van der Waals surface area contributed by atoms with E-state index in [1.54, 1.807) is 6.08 Å². The Balaban J connectivity index is 2.14. The molecule has 0 aromatic heterocycles. The van der Waals surface area contributed by atoms with Gasteiger partial charge in [0.25, 0.3) is 0 Å². The lowest BCUT2D eigenvalue weighted by molar-refractivity contribution is -0.156. The number of benzene rings is 1. The van der Waals surface area contributed by atoms with Crippen molar-refractivity contribution < 1.29 is 14.3 Å². The number of hydrogen-bond acceptors (Lipinski definition) is 4. The third-order valence-electron chi connectivity index (χ3n) is 4.73. The summed E-state index contributed by atoms with van der Waals surface area (Å²) in [5.41, 5.74) is 0.338. The summed E-state index contributed by atoms with van der Waals surface area (Å²) in [7, 11) is 0. The molecule has 0 N–H and O–H groups in total. The van der Waals surface area contributed by atoms with Crippen LogP contribution in [0.15, 0.2) is 43.0 Å². The van der Waals surface area contributed by atoms with Crippen molar-refractivity contribution >= 4 is 12.3 Å². The van der Waals surface area contributed by atoms with Crippen molar-refractivity contribution in [3.63, 3.8) is 0 Å². The lowest BCUT2D eigenvalue weighted by atomic mass is 9.90. The fourth-order valence-electron chi connectivity index (χ4n) is 3.56. The SMILES string of the molecule is C=CCC1(C=O)CCCN1C(C(=O)OCc1ccccc1)C(C)C. The zero-order valence-electron chi connectivity index (χ0n) is 14.6. The summed E-state index contributed by atoms with van der Waals surface area (Å²) in [6.45, 7) is 8.76. The Morgan fingerprint density at radius 1 is 1.38 bits per heavy atom. The monoisotopic (exact) mass is 329 g/mol. The summed E-state index contributed by atoms with van der Waals surface area (Å²) in [5.74, 6) is -0.193. The van der Waals surface area contributed by atoms with E-state index in [1.807, 2.05) is 49.1 Å². The van der Waals surface area contributed by atoms with Crippen molar-refractivity contribution in [2.45, 2.75) is 51.3 Å². The van der Waals surface area contributed by atoms with Crippen molar-refractivity contribution in [1.29, 1.82) is 0 Å². The number of nitrogens with zero attached hydrogens (tertiary/aromatic N) is 1. The summed E-state index contributed by atoms with van der Waals surface area (Å²) in [6.07, 6.45) is 4.98. The molecule has 24 heavy (non-hydrogen) atoms. The van der Waals surface area contributed by atoms with Gasteiger partial charge in [-0.15, -0.1) is 6.58 Å². The molecule has 0 aliphatic carbocycles. The van der Waals surface area contributed by atoms with Crippen LogP contribution in [0.5, 0.6) is 0 Å². The normalized spacial score (nSPS) is 22.3. The minimum atomic E-state index is -0.623. The molecule has 0 amide bonds. The molecule has 4 heteroatoms. The lowest BCUT2D eigenvalue weighted by Crippen LogP contribution is -2.55. The first kappa shape index (κ1) is 18.4. The van der Waals surface area contributed by atoms with Crippen LogP contribution in [0, 0.1) is 5.92 Å². The summed E-state index contributed by atoms with van der Waals surface area (Å²) in [4.78, 5) is 26.6. The van der Waals surface area contributed by atoms with Gasteiger partial charge in [0.15, 0.2) is 0 Å². The summed E-state index contributed by atoms with van der Waals surface area (Å²) >= 11 is 0. The molecule has 1 aliphatic rings. The summed E-state index contributed by atoms with van der Waals surface area (Å²) in [5, 5.41) is 0. The van der Waals surface area contributed by atoms with Crippen LogP contribution >= 0.6 is 0 Å². The molecule has 1 aromatic carbocycles. The molecule has 1 heterocycles. The van der Waals surface area contributed by atoms with Crippen LogP contribution in [0.4, 0.5) is 0 Å². The molecule has 2 atom stereocenters. The number of aldehydes is 1. The molecule has 1 aromatic rings. The van der Waals surface area contributed by atoms with E-state index < -0.39 is 11.6 Å². The third-order valence-corrected chi connectivity index (χ3v) is 4.73. The van der Waals surface area contributed by atoms with Crippen LogP contribution in [0.1, 0.15) is 38.7 Å². The highest BCUT2D eigenvalue weighted by Crippen LogP contribution is 2.35. The van der Waals surface area contributed by atoms with E-state index in [4.69, 9.17) is 4.74 Å². The van der Waals surface area contributed by atoms with Gasteiger partial charge in [0.1, 0.15) is 18.9 Å². The van der Waals surface area contributed by atoms with Crippen LogP contribution < -0.4 is 0 Å². The number of carbonyl (C=O) groups excluding carboxylic acids is 2. The second-order valence-corrected chi connectivity index (χ2v) is 6.79. The van der Waals surface area contributed by atoms with Crippen LogP contribution in [0.25, 0.3) is 0 Å². The van der Waals surface area contributed by atoms with Gasteiger partial charge >= 0.3 is 5.97 Å². The number of ether oxygens (including phenoxy) is 1. The molecule has 4 nitrogen and oxygen atoms in total. The predicted molar refractivity (Wildman–Crippen MR) is 94.4 cm³/mol. The number of rotatable bonds is 8. The number of carbonyl (C=O) groups is 2. The smallest absolute Gasteiger partial charge is 0.323 e. The number of hydrogen-bond donors (Lipinski definition) is 0. The Morgan fingerprint density at radius 2 is 2.08 bits per heavy atom. The van der Waals surface area contributed by atoms with Gasteiger partial charge in [-0.1, -0.05) is 50.3 Å². The van der Waals surface area contributed by atoms with E-state index >= 15 is 0 Å². The van der Waals surface area contributed by atoms with E-state index in [-0.39, 0.29) is 18.5 Å². The number of likely N-dealkylation sites (tertiary alicyclic amines) is 1. The molecule has 0 bridgehead atoms. The predicted octanol–water partition coefficient (Wildman–Crippen LogP) is 3.36. The first-order valence-electron chi connectivity index (χ1n) is 8.58. The van der Waals surface area contributed by atoms with Crippen molar-refractivity contribution in [3.8, 4) is 0 Å². The number of esters is 1. The first-order chi connectivity index (χ1) is 11.5. The Kier molecular flexibility index (Phi) is 6.32. The summed E-state index contributed by atoms with van der Waals surface area (Å²) in [6, 6.07) is 9.22.